The molecule has 6 aromatic rings. The topological polar surface area (TPSA) is 43.6 Å². The third kappa shape index (κ3) is 1.72. The zero-order valence-corrected chi connectivity index (χ0v) is 14.6. The monoisotopic (exact) mass is 350 g/mol. The van der Waals surface area contributed by atoms with Crippen molar-refractivity contribution < 1.29 is 4.74 Å². The maximum atomic E-state index is 13.5. The Morgan fingerprint density at radius 1 is 0.815 bits per heavy atom. The molecule has 0 radical (unpaired) electrons. The van der Waals surface area contributed by atoms with E-state index in [0.29, 0.717) is 11.0 Å². The van der Waals surface area contributed by atoms with Crippen molar-refractivity contribution in [3.63, 3.8) is 0 Å². The van der Waals surface area contributed by atoms with E-state index in [1.165, 1.54) is 0 Å². The van der Waals surface area contributed by atoms with Crippen LogP contribution in [0.25, 0.3) is 49.0 Å². The molecule has 0 aliphatic carbocycles. The SMILES string of the molecule is COc1ccc2c3c1cccc3c(=O)n1c3cccc4cccc(nc21)c43. The number of nitrogens with zero attached hydrogens (tertiary/aromatic N) is 2. The highest BCUT2D eigenvalue weighted by molar-refractivity contribution is 6.18. The van der Waals surface area contributed by atoms with E-state index in [4.69, 9.17) is 9.72 Å². The van der Waals surface area contributed by atoms with Gasteiger partial charge in [0.2, 0.25) is 0 Å². The average Bonchev–Trinajstić information content (AvgIpc) is 2.71. The van der Waals surface area contributed by atoms with Crippen LogP contribution >= 0.6 is 0 Å². The lowest BCUT2D eigenvalue weighted by molar-refractivity contribution is 0.420. The molecular formula is C23H14N2O2. The molecule has 0 fully saturated rings. The third-order valence-electron chi connectivity index (χ3n) is 5.43. The van der Waals surface area contributed by atoms with Crippen molar-refractivity contribution in [1.82, 2.24) is 9.38 Å². The van der Waals surface area contributed by atoms with Crippen LogP contribution in [0, 0.1) is 0 Å². The summed E-state index contributed by atoms with van der Waals surface area (Å²) in [4.78, 5) is 18.4. The Bertz CT molecular complexity index is 1580. The lowest BCUT2D eigenvalue weighted by atomic mass is 10.0. The molecule has 2 aromatic heterocycles. The van der Waals surface area contributed by atoms with Gasteiger partial charge in [0, 0.05) is 26.9 Å². The molecule has 0 saturated carbocycles. The number of fused-ring (bicyclic) bond motifs is 3. The first kappa shape index (κ1) is 14.5. The first-order valence-corrected chi connectivity index (χ1v) is 8.83. The van der Waals surface area contributed by atoms with E-state index in [9.17, 15) is 4.79 Å². The highest BCUT2D eigenvalue weighted by Gasteiger charge is 2.17. The van der Waals surface area contributed by atoms with Gasteiger partial charge in [-0.3, -0.25) is 9.20 Å². The van der Waals surface area contributed by atoms with Gasteiger partial charge in [0.25, 0.3) is 5.56 Å². The van der Waals surface area contributed by atoms with Crippen LogP contribution in [0.1, 0.15) is 0 Å². The van der Waals surface area contributed by atoms with E-state index in [1.54, 1.807) is 11.5 Å². The van der Waals surface area contributed by atoms with E-state index >= 15 is 0 Å². The second kappa shape index (κ2) is 4.95. The van der Waals surface area contributed by atoms with Crippen molar-refractivity contribution in [3.8, 4) is 5.75 Å². The lowest BCUT2D eigenvalue weighted by Gasteiger charge is -2.15. The van der Waals surface area contributed by atoms with E-state index in [-0.39, 0.29) is 5.56 Å². The van der Waals surface area contributed by atoms with Gasteiger partial charge in [-0.1, -0.05) is 36.4 Å². The van der Waals surface area contributed by atoms with Gasteiger partial charge in [-0.2, -0.15) is 0 Å². The zero-order chi connectivity index (χ0) is 18.1. The fourth-order valence-electron chi connectivity index (χ4n) is 4.29. The van der Waals surface area contributed by atoms with Gasteiger partial charge in [-0.15, -0.1) is 0 Å². The second-order valence-corrected chi connectivity index (χ2v) is 6.77. The van der Waals surface area contributed by atoms with Crippen molar-refractivity contribution >= 4 is 49.0 Å². The number of methoxy groups -OCH3 is 1. The molecule has 4 nitrogen and oxygen atoms in total. The molecule has 27 heavy (non-hydrogen) atoms. The summed E-state index contributed by atoms with van der Waals surface area (Å²) in [5.74, 6) is 0.760. The van der Waals surface area contributed by atoms with Crippen LogP contribution < -0.4 is 10.3 Å². The molecule has 0 spiro atoms. The highest BCUT2D eigenvalue weighted by Crippen LogP contribution is 2.35. The first-order chi connectivity index (χ1) is 13.3. The maximum Gasteiger partial charge on any atom is 0.264 e. The number of hydrogen-bond acceptors (Lipinski definition) is 3. The van der Waals surface area contributed by atoms with Gasteiger partial charge in [0.05, 0.1) is 18.1 Å². The molecule has 0 bridgehead atoms. The molecule has 2 heterocycles. The van der Waals surface area contributed by atoms with Gasteiger partial charge < -0.3 is 4.74 Å². The van der Waals surface area contributed by atoms with Gasteiger partial charge in [0.15, 0.2) is 0 Å². The third-order valence-corrected chi connectivity index (χ3v) is 5.43. The Kier molecular flexibility index (Phi) is 2.66. The Morgan fingerprint density at radius 3 is 2.44 bits per heavy atom. The number of benzene rings is 4. The van der Waals surface area contributed by atoms with E-state index in [1.807, 2.05) is 54.6 Å². The number of pyridine rings is 1. The van der Waals surface area contributed by atoms with Gasteiger partial charge >= 0.3 is 0 Å². The molecule has 128 valence electrons. The maximum absolute atomic E-state index is 13.5. The predicted octanol–water partition coefficient (Wildman–Crippen LogP) is 4.75. The van der Waals surface area contributed by atoms with Crippen LogP contribution in [-0.4, -0.2) is 16.5 Å². The fourth-order valence-corrected chi connectivity index (χ4v) is 4.29. The van der Waals surface area contributed by atoms with Gasteiger partial charge in [0.1, 0.15) is 11.4 Å². The minimum Gasteiger partial charge on any atom is -0.496 e. The number of aromatic nitrogens is 2. The number of ether oxygens (including phenoxy) is 1. The molecule has 0 amide bonds. The van der Waals surface area contributed by atoms with Crippen molar-refractivity contribution in [2.45, 2.75) is 0 Å². The lowest BCUT2D eigenvalue weighted by Crippen LogP contribution is -2.16. The fraction of sp³-hybridized carbons (Fsp3) is 0.0435. The molecule has 4 aromatic carbocycles. The summed E-state index contributed by atoms with van der Waals surface area (Å²) in [7, 11) is 1.65. The van der Waals surface area contributed by atoms with Crippen molar-refractivity contribution in [3.05, 3.63) is 77.1 Å². The van der Waals surface area contributed by atoms with E-state index < -0.39 is 0 Å². The second-order valence-electron chi connectivity index (χ2n) is 6.77. The summed E-state index contributed by atoms with van der Waals surface area (Å²) in [6, 6.07) is 21.8. The highest BCUT2D eigenvalue weighted by atomic mass is 16.5. The molecule has 6 rings (SSSR count). The van der Waals surface area contributed by atoms with E-state index in [2.05, 4.69) is 12.1 Å². The molecule has 0 aliphatic heterocycles. The quantitative estimate of drug-likeness (QED) is 0.317. The molecule has 0 aliphatic rings. The Balaban J connectivity index is 2.02. The molecule has 0 saturated heterocycles. The van der Waals surface area contributed by atoms with Crippen LogP contribution in [0.5, 0.6) is 5.75 Å². The summed E-state index contributed by atoms with van der Waals surface area (Å²) in [5.41, 5.74) is 2.40. The minimum absolute atomic E-state index is 0.0536. The summed E-state index contributed by atoms with van der Waals surface area (Å²) in [5, 5.41) is 5.56. The Morgan fingerprint density at radius 2 is 1.59 bits per heavy atom. The summed E-state index contributed by atoms with van der Waals surface area (Å²) in [6.07, 6.45) is 0. The van der Waals surface area contributed by atoms with Crippen molar-refractivity contribution in [2.24, 2.45) is 0 Å². The Hall–Kier alpha value is -3.66. The summed E-state index contributed by atoms with van der Waals surface area (Å²) >= 11 is 0. The average molecular weight is 350 g/mol. The van der Waals surface area contributed by atoms with Crippen LogP contribution in [0.3, 0.4) is 0 Å². The largest absolute Gasteiger partial charge is 0.496 e. The normalized spacial score (nSPS) is 12.0. The standard InChI is InChI=1S/C23H14N2O2/c1-27-19-12-11-15-21-14(19)7-4-8-16(21)23(26)25-18-10-3-6-13-5-2-9-17(20(13)18)24-22(15)25/h2-12H,1H3. The molecule has 0 unspecified atom stereocenters. The smallest absolute Gasteiger partial charge is 0.264 e. The van der Waals surface area contributed by atoms with Crippen LogP contribution in [0.15, 0.2) is 71.5 Å². The number of rotatable bonds is 1. The molecule has 0 N–H and O–H groups in total. The zero-order valence-electron chi connectivity index (χ0n) is 14.6. The summed E-state index contributed by atoms with van der Waals surface area (Å²) in [6.45, 7) is 0. The minimum atomic E-state index is -0.0536. The van der Waals surface area contributed by atoms with Crippen LogP contribution in [0.4, 0.5) is 0 Å². The summed E-state index contributed by atoms with van der Waals surface area (Å²) < 4.78 is 7.26. The van der Waals surface area contributed by atoms with Crippen molar-refractivity contribution in [1.29, 1.82) is 0 Å². The van der Waals surface area contributed by atoms with Crippen molar-refractivity contribution in [2.75, 3.05) is 7.11 Å². The molecular weight excluding hydrogens is 336 g/mol. The van der Waals surface area contributed by atoms with Gasteiger partial charge in [-0.25, -0.2) is 4.98 Å². The predicted molar refractivity (Wildman–Crippen MR) is 109 cm³/mol. The first-order valence-electron chi connectivity index (χ1n) is 8.83. The van der Waals surface area contributed by atoms with Gasteiger partial charge in [-0.05, 0) is 35.7 Å². The number of hydrogen-bond donors (Lipinski definition) is 0. The van der Waals surface area contributed by atoms with Crippen LogP contribution in [0.2, 0.25) is 0 Å². The Labute approximate surface area is 153 Å². The van der Waals surface area contributed by atoms with E-state index in [0.717, 1.165) is 43.7 Å². The molecule has 4 heteroatoms. The van der Waals surface area contributed by atoms with Crippen LogP contribution in [-0.2, 0) is 0 Å². The molecule has 0 atom stereocenters.